The third-order valence-corrected chi connectivity index (χ3v) is 5.64. The summed E-state index contributed by atoms with van der Waals surface area (Å²) in [6, 6.07) is 0. The van der Waals surface area contributed by atoms with Crippen LogP contribution >= 0.6 is 0 Å². The van der Waals surface area contributed by atoms with Crippen molar-refractivity contribution < 1.29 is 23.8 Å². The first-order chi connectivity index (χ1) is 14.5. The van der Waals surface area contributed by atoms with Crippen LogP contribution in [0.15, 0.2) is 11.6 Å². The number of esters is 2. The van der Waals surface area contributed by atoms with Crippen molar-refractivity contribution in [1.82, 2.24) is 0 Å². The maximum Gasteiger partial charge on any atom is 0.306 e. The normalized spacial score (nSPS) is 13.7. The van der Waals surface area contributed by atoms with Crippen molar-refractivity contribution in [2.24, 2.45) is 11.8 Å². The maximum atomic E-state index is 12.0. The lowest BCUT2D eigenvalue weighted by Gasteiger charge is -2.16. The summed E-state index contributed by atoms with van der Waals surface area (Å²) in [6.07, 6.45) is 11.6. The highest BCUT2D eigenvalue weighted by molar-refractivity contribution is 5.69. The maximum absolute atomic E-state index is 12.0. The van der Waals surface area contributed by atoms with E-state index < -0.39 is 0 Å². The van der Waals surface area contributed by atoms with Gasteiger partial charge in [0.2, 0.25) is 0 Å². The molecule has 0 aromatic carbocycles. The molecule has 0 aliphatic heterocycles. The number of carbonyl (C=O) groups is 2. The van der Waals surface area contributed by atoms with Crippen LogP contribution in [-0.2, 0) is 23.8 Å². The molecule has 0 N–H and O–H groups in total. The molecular formula is C25H46O5. The molecule has 0 bridgehead atoms. The van der Waals surface area contributed by atoms with E-state index in [0.717, 1.165) is 57.8 Å². The van der Waals surface area contributed by atoms with Crippen molar-refractivity contribution in [3.8, 4) is 0 Å². The third-order valence-electron chi connectivity index (χ3n) is 5.64. The first kappa shape index (κ1) is 28.6. The van der Waals surface area contributed by atoms with Crippen LogP contribution in [0.1, 0.15) is 98.3 Å². The molecule has 0 radical (unpaired) electrons. The second kappa shape index (κ2) is 19.6. The fourth-order valence-electron chi connectivity index (χ4n) is 3.33. The molecular weight excluding hydrogens is 380 g/mol. The van der Waals surface area contributed by atoms with Gasteiger partial charge in [0.25, 0.3) is 0 Å². The van der Waals surface area contributed by atoms with Gasteiger partial charge in [-0.05, 0) is 56.8 Å². The van der Waals surface area contributed by atoms with Gasteiger partial charge in [0.05, 0.1) is 13.2 Å². The molecule has 0 aliphatic rings. The smallest absolute Gasteiger partial charge is 0.306 e. The Labute approximate surface area is 184 Å². The van der Waals surface area contributed by atoms with Crippen LogP contribution in [0.3, 0.4) is 0 Å². The van der Waals surface area contributed by atoms with Gasteiger partial charge in [0.1, 0.15) is 0 Å². The molecule has 2 unspecified atom stereocenters. The number of methoxy groups -OCH3 is 1. The zero-order valence-electron chi connectivity index (χ0n) is 20.2. The number of hydrogen-bond acceptors (Lipinski definition) is 5. The van der Waals surface area contributed by atoms with Crippen LogP contribution in [0.5, 0.6) is 0 Å². The Bertz CT molecular complexity index is 472. The Hall–Kier alpha value is -1.36. The monoisotopic (exact) mass is 426 g/mol. The fourth-order valence-corrected chi connectivity index (χ4v) is 3.33. The molecule has 0 spiro atoms. The van der Waals surface area contributed by atoms with E-state index in [1.54, 1.807) is 7.11 Å². The van der Waals surface area contributed by atoms with Crippen LogP contribution in [-0.4, -0.2) is 38.9 Å². The van der Waals surface area contributed by atoms with Crippen LogP contribution in [0.2, 0.25) is 0 Å². The van der Waals surface area contributed by atoms with Gasteiger partial charge in [0.15, 0.2) is 0 Å². The van der Waals surface area contributed by atoms with E-state index in [-0.39, 0.29) is 11.9 Å². The third kappa shape index (κ3) is 15.5. The van der Waals surface area contributed by atoms with Crippen molar-refractivity contribution in [3.63, 3.8) is 0 Å². The quantitative estimate of drug-likeness (QED) is 0.180. The van der Waals surface area contributed by atoms with Gasteiger partial charge in [-0.3, -0.25) is 9.59 Å². The zero-order valence-corrected chi connectivity index (χ0v) is 20.2. The summed E-state index contributed by atoms with van der Waals surface area (Å²) in [5.41, 5.74) is 1.42. The average Bonchev–Trinajstić information content (AvgIpc) is 2.75. The van der Waals surface area contributed by atoms with Gasteiger partial charge in [-0.25, -0.2) is 0 Å². The topological polar surface area (TPSA) is 61.8 Å². The summed E-state index contributed by atoms with van der Waals surface area (Å²) in [4.78, 5) is 24.0. The summed E-state index contributed by atoms with van der Waals surface area (Å²) >= 11 is 0. The Morgan fingerprint density at radius 3 is 1.97 bits per heavy atom. The van der Waals surface area contributed by atoms with Gasteiger partial charge in [-0.15, -0.1) is 0 Å². The summed E-state index contributed by atoms with van der Waals surface area (Å²) in [6.45, 7) is 10.1. The Kier molecular flexibility index (Phi) is 18.7. The highest BCUT2D eigenvalue weighted by atomic mass is 16.5. The molecule has 0 rings (SSSR count). The number of allylic oxidation sites excluding steroid dienone is 2. The number of hydrogen-bond donors (Lipinski definition) is 0. The predicted octanol–water partition coefficient (Wildman–Crippen LogP) is 6.25. The summed E-state index contributed by atoms with van der Waals surface area (Å²) in [5.74, 6) is 0.400. The molecule has 5 nitrogen and oxygen atoms in total. The summed E-state index contributed by atoms with van der Waals surface area (Å²) in [7, 11) is 1.69. The van der Waals surface area contributed by atoms with Crippen molar-refractivity contribution in [2.75, 3.05) is 26.9 Å². The molecule has 5 heteroatoms. The molecule has 2 atom stereocenters. The standard InChI is InChI=1S/C25H46O5/c1-6-12-21(7-2)13-10-15-24(26)29-19-22(8-3)14-11-16-25(27)30-20-23(9-4)17-18-28-5/h13,22-23H,6-12,14-20H2,1-5H3. The molecule has 0 aliphatic carbocycles. The summed E-state index contributed by atoms with van der Waals surface area (Å²) < 4.78 is 16.0. The zero-order chi connectivity index (χ0) is 22.6. The minimum Gasteiger partial charge on any atom is -0.465 e. The Morgan fingerprint density at radius 2 is 1.43 bits per heavy atom. The molecule has 0 amide bonds. The van der Waals surface area contributed by atoms with Crippen molar-refractivity contribution in [1.29, 1.82) is 0 Å². The molecule has 0 aromatic heterocycles. The van der Waals surface area contributed by atoms with E-state index in [2.05, 4.69) is 33.8 Å². The number of ether oxygens (including phenoxy) is 3. The van der Waals surface area contributed by atoms with Crippen LogP contribution in [0, 0.1) is 11.8 Å². The Balaban J connectivity index is 4.01. The minimum absolute atomic E-state index is 0.127. The van der Waals surface area contributed by atoms with Gasteiger partial charge in [-0.1, -0.05) is 52.2 Å². The molecule has 0 saturated carbocycles. The highest BCUT2D eigenvalue weighted by Gasteiger charge is 2.13. The minimum atomic E-state index is -0.136. The lowest BCUT2D eigenvalue weighted by molar-refractivity contribution is -0.147. The van der Waals surface area contributed by atoms with E-state index >= 15 is 0 Å². The van der Waals surface area contributed by atoms with Crippen molar-refractivity contribution >= 4 is 11.9 Å². The van der Waals surface area contributed by atoms with E-state index in [1.165, 1.54) is 5.57 Å². The van der Waals surface area contributed by atoms with E-state index in [1.807, 2.05) is 0 Å². The molecule has 0 aromatic rings. The second-order valence-electron chi connectivity index (χ2n) is 8.09. The second-order valence-corrected chi connectivity index (χ2v) is 8.09. The lowest BCUT2D eigenvalue weighted by Crippen LogP contribution is -2.16. The first-order valence-electron chi connectivity index (χ1n) is 12.0. The largest absolute Gasteiger partial charge is 0.465 e. The fraction of sp³-hybridized carbons (Fsp3) is 0.840. The first-order valence-corrected chi connectivity index (χ1v) is 12.0. The van der Waals surface area contributed by atoms with Gasteiger partial charge >= 0.3 is 11.9 Å². The van der Waals surface area contributed by atoms with Crippen molar-refractivity contribution in [3.05, 3.63) is 11.6 Å². The van der Waals surface area contributed by atoms with Crippen LogP contribution in [0.4, 0.5) is 0 Å². The molecule has 30 heavy (non-hydrogen) atoms. The SMILES string of the molecule is CCCC(=CCCC(=O)OCC(CC)CCCC(=O)OCC(CC)CCOC)CC. The van der Waals surface area contributed by atoms with Gasteiger partial charge in [-0.2, -0.15) is 0 Å². The predicted molar refractivity (Wildman–Crippen MR) is 122 cm³/mol. The average molecular weight is 427 g/mol. The molecule has 0 fully saturated rings. The number of carbonyl (C=O) groups excluding carboxylic acids is 2. The Morgan fingerprint density at radius 1 is 0.833 bits per heavy atom. The van der Waals surface area contributed by atoms with Crippen LogP contribution < -0.4 is 0 Å². The van der Waals surface area contributed by atoms with Gasteiger partial charge in [0, 0.05) is 26.6 Å². The van der Waals surface area contributed by atoms with Crippen molar-refractivity contribution in [2.45, 2.75) is 98.3 Å². The lowest BCUT2D eigenvalue weighted by atomic mass is 10.00. The van der Waals surface area contributed by atoms with Gasteiger partial charge < -0.3 is 14.2 Å². The van der Waals surface area contributed by atoms with E-state index in [0.29, 0.717) is 44.5 Å². The molecule has 176 valence electrons. The summed E-state index contributed by atoms with van der Waals surface area (Å²) in [5, 5.41) is 0. The molecule has 0 heterocycles. The van der Waals surface area contributed by atoms with Crippen LogP contribution in [0.25, 0.3) is 0 Å². The van der Waals surface area contributed by atoms with E-state index in [9.17, 15) is 9.59 Å². The highest BCUT2D eigenvalue weighted by Crippen LogP contribution is 2.16. The number of rotatable bonds is 19. The molecule has 0 saturated heterocycles. The van der Waals surface area contributed by atoms with E-state index in [4.69, 9.17) is 14.2 Å².